The summed E-state index contributed by atoms with van der Waals surface area (Å²) in [7, 11) is 0. The van der Waals surface area contributed by atoms with Gasteiger partial charge in [-0.05, 0) is 0 Å². The average molecular weight is 422 g/mol. The Balaban J connectivity index is 0.00000104. The van der Waals surface area contributed by atoms with Gasteiger partial charge >= 0.3 is 136 Å². The Hall–Kier alpha value is -1.12. The molecule has 4 rings (SSSR count). The van der Waals surface area contributed by atoms with Crippen molar-refractivity contribution in [2.75, 3.05) is 0 Å². The van der Waals surface area contributed by atoms with Crippen molar-refractivity contribution in [2.45, 2.75) is 16.5 Å². The molecule has 0 aliphatic heterocycles. The van der Waals surface area contributed by atoms with E-state index >= 15 is 0 Å². The minimum atomic E-state index is -3.02. The van der Waals surface area contributed by atoms with Crippen LogP contribution >= 0.6 is 0 Å². The first-order valence-electron chi connectivity index (χ1n) is 8.07. The van der Waals surface area contributed by atoms with E-state index in [1.165, 1.54) is 11.1 Å². The molecule has 0 heterocycles. The van der Waals surface area contributed by atoms with Crippen LogP contribution in [0.2, 0.25) is 9.26 Å². The maximum absolute atomic E-state index is 3.02. The zero-order valence-electron chi connectivity index (χ0n) is 14.1. The number of halogens is 2. The first kappa shape index (κ1) is 19.2. The van der Waals surface area contributed by atoms with Crippen molar-refractivity contribution in [1.82, 2.24) is 0 Å². The molecule has 0 nitrogen and oxygen atoms in total. The molecule has 2 unspecified atom stereocenters. The van der Waals surface area contributed by atoms with E-state index < -0.39 is 17.4 Å². The van der Waals surface area contributed by atoms with E-state index in [-0.39, 0.29) is 9.41 Å². The number of fused-ring (bicyclic) bond motifs is 2. The van der Waals surface area contributed by atoms with E-state index in [2.05, 4.69) is 89.0 Å². The van der Waals surface area contributed by atoms with Crippen molar-refractivity contribution in [3.63, 3.8) is 0 Å². The van der Waals surface area contributed by atoms with Gasteiger partial charge in [0, 0.05) is 0 Å². The molecule has 0 N–H and O–H groups in total. The van der Waals surface area contributed by atoms with Crippen molar-refractivity contribution >= 4 is 19.0 Å². The molecule has 0 spiro atoms. The van der Waals surface area contributed by atoms with E-state index in [0.717, 1.165) is 0 Å². The van der Waals surface area contributed by atoms with Crippen molar-refractivity contribution < 1.29 is 26.8 Å². The second-order valence-corrected chi connectivity index (χ2v) is 38.6. The van der Waals surface area contributed by atoms with Crippen LogP contribution in [-0.4, -0.2) is 6.88 Å². The van der Waals surface area contributed by atoms with Crippen LogP contribution in [0.1, 0.15) is 29.5 Å². The quantitative estimate of drug-likeness (QED) is 0.588. The third kappa shape index (κ3) is 2.74. The number of allylic oxidation sites excluding steroid dienone is 2. The molecule has 0 fully saturated rings. The Bertz CT molecular complexity index is 825. The van der Waals surface area contributed by atoms with Crippen molar-refractivity contribution in [3.8, 4) is 0 Å². The van der Waals surface area contributed by atoms with Gasteiger partial charge in [-0.3, -0.25) is 9.41 Å². The molecule has 0 aromatic heterocycles. The average Bonchev–Trinajstić information content (AvgIpc) is 3.12. The molecule has 2 aromatic rings. The normalized spacial score (nSPS) is 20.8. The second-order valence-electron chi connectivity index (χ2n) is 7.87. The van der Waals surface area contributed by atoms with Gasteiger partial charge in [-0.25, -0.2) is 0 Å². The van der Waals surface area contributed by atoms with E-state index in [1.54, 1.807) is 11.1 Å². The summed E-state index contributed by atoms with van der Waals surface area (Å²) in [5.74, 6) is 0. The maximum atomic E-state index is 2.65. The molecule has 2 aliphatic carbocycles. The summed E-state index contributed by atoms with van der Waals surface area (Å²) in [6, 6.07) is 17.9. The fourth-order valence-electron chi connectivity index (χ4n) is 4.35. The van der Waals surface area contributed by atoms with E-state index in [0.29, 0.717) is 7.25 Å². The Morgan fingerprint density at radius 2 is 1.08 bits per heavy atom. The minimum absolute atomic E-state index is 0. The van der Waals surface area contributed by atoms with E-state index in [9.17, 15) is 0 Å². The van der Waals surface area contributed by atoms with Crippen LogP contribution in [0.15, 0.2) is 60.7 Å². The van der Waals surface area contributed by atoms with Crippen LogP contribution in [0.25, 0.3) is 12.2 Å². The van der Waals surface area contributed by atoms with Gasteiger partial charge in [0.1, 0.15) is 0 Å². The van der Waals surface area contributed by atoms with Crippen LogP contribution in [0.3, 0.4) is 0 Å². The Labute approximate surface area is 144 Å². The molecule has 0 saturated carbocycles. The number of hydrogen-bond donors (Lipinski definition) is 0. The first-order valence-corrected chi connectivity index (χ1v) is 21.7. The fraction of sp³-hybridized carbons (Fsp3) is 0.200. The predicted octanol–water partition coefficient (Wildman–Crippen LogP) is 5.16. The zero-order valence-corrected chi connectivity index (χ0v) is 18.0. The van der Waals surface area contributed by atoms with Gasteiger partial charge in [-0.15, -0.1) is 0 Å². The first-order chi connectivity index (χ1) is 10.5. The molecule has 0 radical (unpaired) electrons. The molecular formula is C20H24F2SiZr. The van der Waals surface area contributed by atoms with Gasteiger partial charge < -0.3 is 0 Å². The van der Waals surface area contributed by atoms with Crippen molar-refractivity contribution in [3.05, 3.63) is 82.9 Å². The molecule has 24 heavy (non-hydrogen) atoms. The fourth-order valence-corrected chi connectivity index (χ4v) is 19.4. The van der Waals surface area contributed by atoms with Gasteiger partial charge in [-0.1, -0.05) is 0 Å². The standard InChI is InChI=1S/2C9H7.2CH3.2FH.H2Si.Zr/c2*1-2-5-9-7-3-6-8(9)4-1;;;;;;/h2*1-7H;2*1H3;2*1H;1H2;. The summed E-state index contributed by atoms with van der Waals surface area (Å²) in [5.41, 5.74) is 5.98. The summed E-state index contributed by atoms with van der Waals surface area (Å²) in [4.78, 5) is 0. The Morgan fingerprint density at radius 1 is 0.708 bits per heavy atom. The topological polar surface area (TPSA) is 0 Å². The van der Waals surface area contributed by atoms with E-state index in [4.69, 9.17) is 0 Å². The summed E-state index contributed by atoms with van der Waals surface area (Å²) < 4.78 is 6.59. The predicted molar refractivity (Wildman–Crippen MR) is 102 cm³/mol. The third-order valence-corrected chi connectivity index (χ3v) is 23.4. The molecular weight excluding hydrogens is 398 g/mol. The van der Waals surface area contributed by atoms with Crippen LogP contribution in [-0.2, 0) is 17.4 Å². The van der Waals surface area contributed by atoms with E-state index in [1.807, 2.05) is 0 Å². The van der Waals surface area contributed by atoms with Crippen LogP contribution in [0.5, 0.6) is 0 Å². The van der Waals surface area contributed by atoms with Gasteiger partial charge in [0.2, 0.25) is 0 Å². The van der Waals surface area contributed by atoms with Crippen LogP contribution in [0, 0.1) is 0 Å². The van der Waals surface area contributed by atoms with Crippen LogP contribution in [0.4, 0.5) is 9.41 Å². The van der Waals surface area contributed by atoms with Crippen molar-refractivity contribution in [1.29, 1.82) is 0 Å². The number of hydrogen-bond acceptors (Lipinski definition) is 0. The van der Waals surface area contributed by atoms with Crippen molar-refractivity contribution in [2.24, 2.45) is 0 Å². The summed E-state index contributed by atoms with van der Waals surface area (Å²) >= 11 is -3.02. The summed E-state index contributed by atoms with van der Waals surface area (Å²) in [6.07, 6.45) is 9.69. The van der Waals surface area contributed by atoms with Crippen LogP contribution < -0.4 is 0 Å². The molecule has 2 aromatic carbocycles. The molecule has 126 valence electrons. The van der Waals surface area contributed by atoms with Gasteiger partial charge in [0.25, 0.3) is 0 Å². The molecule has 0 saturated heterocycles. The molecule has 2 aliphatic rings. The Morgan fingerprint density at radius 3 is 1.50 bits per heavy atom. The molecule has 2 atom stereocenters. The number of benzene rings is 2. The van der Waals surface area contributed by atoms with Gasteiger partial charge in [-0.2, -0.15) is 0 Å². The molecule has 4 heteroatoms. The Kier molecular flexibility index (Phi) is 5.05. The zero-order chi connectivity index (χ0) is 15.4. The SMILES string of the molecule is F.F.[CH3][Zr]([CH3])(=[SiH2])([CH]1C=Cc2ccccc21)[CH]1C=Cc2ccccc21. The summed E-state index contributed by atoms with van der Waals surface area (Å²) in [5, 5.41) is 0. The monoisotopic (exact) mass is 420 g/mol. The third-order valence-electron chi connectivity index (χ3n) is 5.64. The second kappa shape index (κ2) is 6.31. The molecule has 0 amide bonds. The molecule has 0 bridgehead atoms. The number of rotatable bonds is 2. The summed E-state index contributed by atoms with van der Waals surface area (Å²) in [6.45, 7) is 2.37. The van der Waals surface area contributed by atoms with Gasteiger partial charge in [0.15, 0.2) is 0 Å². The van der Waals surface area contributed by atoms with Gasteiger partial charge in [0.05, 0.1) is 0 Å².